The molecule has 1 heterocycles. The van der Waals surface area contributed by atoms with Crippen LogP contribution in [0, 0.1) is 13.8 Å². The van der Waals surface area contributed by atoms with Gasteiger partial charge in [0.05, 0.1) is 6.04 Å². The van der Waals surface area contributed by atoms with E-state index in [0.717, 1.165) is 13.0 Å². The molecule has 0 spiro atoms. The number of aryl methyl sites for hydroxylation is 3. The van der Waals surface area contributed by atoms with Gasteiger partial charge in [0.25, 0.3) is 0 Å². The predicted octanol–water partition coefficient (Wildman–Crippen LogP) is 4.17. The van der Waals surface area contributed by atoms with Crippen LogP contribution in [0.2, 0.25) is 0 Å². The standard InChI is InChI=1S/C16H22N2S/c1-5-15-10-18-16(19-15)13(4)17-9-14-8-11(2)6-7-12(14)3/h6-8,10,13,17H,5,9H2,1-4H3. The summed E-state index contributed by atoms with van der Waals surface area (Å²) in [6.45, 7) is 9.56. The second-order valence-electron chi connectivity index (χ2n) is 5.05. The molecule has 0 radical (unpaired) electrons. The smallest absolute Gasteiger partial charge is 0.109 e. The molecule has 0 saturated carbocycles. The monoisotopic (exact) mass is 274 g/mol. The van der Waals surface area contributed by atoms with E-state index in [1.807, 2.05) is 17.5 Å². The Hall–Kier alpha value is -1.19. The minimum Gasteiger partial charge on any atom is -0.304 e. The van der Waals surface area contributed by atoms with Gasteiger partial charge in [-0.2, -0.15) is 0 Å². The van der Waals surface area contributed by atoms with Crippen molar-refractivity contribution in [2.24, 2.45) is 0 Å². The van der Waals surface area contributed by atoms with Gasteiger partial charge in [0.1, 0.15) is 5.01 Å². The summed E-state index contributed by atoms with van der Waals surface area (Å²) in [5.74, 6) is 0. The summed E-state index contributed by atoms with van der Waals surface area (Å²) in [6, 6.07) is 6.92. The van der Waals surface area contributed by atoms with Crippen LogP contribution < -0.4 is 5.32 Å². The molecule has 1 unspecified atom stereocenters. The van der Waals surface area contributed by atoms with Crippen LogP contribution >= 0.6 is 11.3 Å². The maximum atomic E-state index is 4.50. The molecule has 3 heteroatoms. The van der Waals surface area contributed by atoms with Gasteiger partial charge in [-0.3, -0.25) is 0 Å². The fourth-order valence-electron chi connectivity index (χ4n) is 2.03. The van der Waals surface area contributed by atoms with Gasteiger partial charge in [0, 0.05) is 17.6 Å². The molecule has 102 valence electrons. The first-order valence-electron chi connectivity index (χ1n) is 6.84. The molecule has 1 aromatic heterocycles. The van der Waals surface area contributed by atoms with Gasteiger partial charge in [-0.25, -0.2) is 4.98 Å². The molecule has 0 bridgehead atoms. The van der Waals surface area contributed by atoms with E-state index in [0.29, 0.717) is 6.04 Å². The van der Waals surface area contributed by atoms with E-state index in [9.17, 15) is 0 Å². The number of benzene rings is 1. The summed E-state index contributed by atoms with van der Waals surface area (Å²) in [6.07, 6.45) is 3.07. The van der Waals surface area contributed by atoms with Gasteiger partial charge in [0.15, 0.2) is 0 Å². The van der Waals surface area contributed by atoms with E-state index in [2.05, 4.69) is 56.2 Å². The van der Waals surface area contributed by atoms with E-state index in [4.69, 9.17) is 0 Å². The summed E-state index contributed by atoms with van der Waals surface area (Å²) in [5, 5.41) is 4.75. The van der Waals surface area contributed by atoms with E-state index >= 15 is 0 Å². The third-order valence-electron chi connectivity index (χ3n) is 3.39. The van der Waals surface area contributed by atoms with Crippen molar-refractivity contribution in [3.8, 4) is 0 Å². The van der Waals surface area contributed by atoms with E-state index in [1.165, 1.54) is 26.6 Å². The van der Waals surface area contributed by atoms with Gasteiger partial charge in [-0.05, 0) is 38.3 Å². The summed E-state index contributed by atoms with van der Waals surface area (Å²) in [7, 11) is 0. The molecule has 0 saturated heterocycles. The van der Waals surface area contributed by atoms with Crippen molar-refractivity contribution in [3.05, 3.63) is 51.0 Å². The molecule has 19 heavy (non-hydrogen) atoms. The Labute approximate surface area is 119 Å². The van der Waals surface area contributed by atoms with Crippen molar-refractivity contribution in [3.63, 3.8) is 0 Å². The molecule has 2 nitrogen and oxygen atoms in total. The molecule has 2 aromatic rings. The van der Waals surface area contributed by atoms with E-state index < -0.39 is 0 Å². The minimum absolute atomic E-state index is 0.310. The summed E-state index contributed by atoms with van der Waals surface area (Å²) >= 11 is 1.81. The molecule has 0 fully saturated rings. The second kappa shape index (κ2) is 6.31. The zero-order chi connectivity index (χ0) is 13.8. The van der Waals surface area contributed by atoms with Gasteiger partial charge < -0.3 is 5.32 Å². The first-order valence-corrected chi connectivity index (χ1v) is 7.66. The summed E-state index contributed by atoms with van der Waals surface area (Å²) < 4.78 is 0. The van der Waals surface area contributed by atoms with Crippen molar-refractivity contribution in [2.45, 2.75) is 46.7 Å². The lowest BCUT2D eigenvalue weighted by atomic mass is 10.1. The third kappa shape index (κ3) is 3.64. The lowest BCUT2D eigenvalue weighted by Crippen LogP contribution is -2.18. The van der Waals surface area contributed by atoms with Gasteiger partial charge in [0.2, 0.25) is 0 Å². The highest BCUT2D eigenvalue weighted by molar-refractivity contribution is 7.11. The summed E-state index contributed by atoms with van der Waals surface area (Å²) in [4.78, 5) is 5.85. The Morgan fingerprint density at radius 1 is 1.32 bits per heavy atom. The molecular weight excluding hydrogens is 252 g/mol. The topological polar surface area (TPSA) is 24.9 Å². The second-order valence-corrected chi connectivity index (χ2v) is 6.20. The third-order valence-corrected chi connectivity index (χ3v) is 4.72. The SMILES string of the molecule is CCc1cnc(C(C)NCc2cc(C)ccc2C)s1. The van der Waals surface area contributed by atoms with Crippen LogP contribution in [0.15, 0.2) is 24.4 Å². The van der Waals surface area contributed by atoms with Crippen molar-refractivity contribution >= 4 is 11.3 Å². The number of rotatable bonds is 5. The highest BCUT2D eigenvalue weighted by atomic mass is 32.1. The number of aromatic nitrogens is 1. The lowest BCUT2D eigenvalue weighted by molar-refractivity contribution is 0.570. The first-order chi connectivity index (χ1) is 9.10. The molecule has 0 aliphatic rings. The maximum absolute atomic E-state index is 4.50. The number of thiazole rings is 1. The fourth-order valence-corrected chi connectivity index (χ4v) is 2.91. The Morgan fingerprint density at radius 2 is 2.11 bits per heavy atom. The van der Waals surface area contributed by atoms with Crippen molar-refractivity contribution < 1.29 is 0 Å². The molecule has 1 N–H and O–H groups in total. The summed E-state index contributed by atoms with van der Waals surface area (Å²) in [5.41, 5.74) is 4.04. The first kappa shape index (κ1) is 14.2. The predicted molar refractivity (Wildman–Crippen MR) is 82.7 cm³/mol. The van der Waals surface area contributed by atoms with Crippen LogP contribution in [0.25, 0.3) is 0 Å². The van der Waals surface area contributed by atoms with Crippen LogP contribution in [0.4, 0.5) is 0 Å². The van der Waals surface area contributed by atoms with Gasteiger partial charge >= 0.3 is 0 Å². The minimum atomic E-state index is 0.310. The van der Waals surface area contributed by atoms with Crippen molar-refractivity contribution in [1.29, 1.82) is 0 Å². The average molecular weight is 274 g/mol. The number of hydrogen-bond donors (Lipinski definition) is 1. The highest BCUT2D eigenvalue weighted by Gasteiger charge is 2.10. The average Bonchev–Trinajstić information content (AvgIpc) is 2.88. The number of nitrogens with zero attached hydrogens (tertiary/aromatic N) is 1. The highest BCUT2D eigenvalue weighted by Crippen LogP contribution is 2.21. The van der Waals surface area contributed by atoms with Crippen LogP contribution in [-0.2, 0) is 13.0 Å². The molecular formula is C16H22N2S. The molecule has 0 aliphatic heterocycles. The van der Waals surface area contributed by atoms with Crippen LogP contribution in [0.3, 0.4) is 0 Å². The molecule has 1 aromatic carbocycles. The van der Waals surface area contributed by atoms with Crippen LogP contribution in [0.1, 0.15) is 46.5 Å². The number of nitrogens with one attached hydrogen (secondary N) is 1. The quantitative estimate of drug-likeness (QED) is 0.885. The fraction of sp³-hybridized carbons (Fsp3) is 0.438. The van der Waals surface area contributed by atoms with Gasteiger partial charge in [-0.15, -0.1) is 11.3 Å². The normalized spacial score (nSPS) is 12.6. The van der Waals surface area contributed by atoms with Gasteiger partial charge in [-0.1, -0.05) is 30.7 Å². The Bertz CT molecular complexity index is 545. The van der Waals surface area contributed by atoms with Crippen molar-refractivity contribution in [1.82, 2.24) is 10.3 Å². The largest absolute Gasteiger partial charge is 0.304 e. The zero-order valence-corrected chi connectivity index (χ0v) is 13.0. The Kier molecular flexibility index (Phi) is 4.72. The molecule has 2 rings (SSSR count). The maximum Gasteiger partial charge on any atom is 0.109 e. The van der Waals surface area contributed by atoms with E-state index in [1.54, 1.807) is 0 Å². The molecule has 0 amide bonds. The zero-order valence-electron chi connectivity index (χ0n) is 12.2. The number of hydrogen-bond acceptors (Lipinski definition) is 3. The Balaban J connectivity index is 1.99. The van der Waals surface area contributed by atoms with Crippen LogP contribution in [0.5, 0.6) is 0 Å². The Morgan fingerprint density at radius 3 is 2.79 bits per heavy atom. The van der Waals surface area contributed by atoms with Crippen molar-refractivity contribution in [2.75, 3.05) is 0 Å². The molecule has 1 atom stereocenters. The lowest BCUT2D eigenvalue weighted by Gasteiger charge is -2.13. The van der Waals surface area contributed by atoms with E-state index in [-0.39, 0.29) is 0 Å². The van der Waals surface area contributed by atoms with Crippen LogP contribution in [-0.4, -0.2) is 4.98 Å². The molecule has 0 aliphatic carbocycles.